The van der Waals surface area contributed by atoms with E-state index in [4.69, 9.17) is 0 Å². The maximum Gasteiger partial charge on any atom is 0.254 e. The van der Waals surface area contributed by atoms with Crippen molar-refractivity contribution in [1.82, 2.24) is 29.9 Å². The molecule has 1 aromatic carbocycles. The van der Waals surface area contributed by atoms with Crippen LogP contribution in [0.4, 0.5) is 0 Å². The number of fused-ring (bicyclic) bond motifs is 1. The number of aromatic amines is 1. The number of amides is 1. The molecule has 4 rings (SSSR count). The number of nitrogens with one attached hydrogen (secondary N) is 1. The molecule has 0 fully saturated rings. The van der Waals surface area contributed by atoms with Gasteiger partial charge in [-0.2, -0.15) is 5.10 Å². The van der Waals surface area contributed by atoms with Crippen LogP contribution in [0.2, 0.25) is 0 Å². The fraction of sp³-hybridized carbons (Fsp3) is 0.368. The van der Waals surface area contributed by atoms with Crippen LogP contribution in [0, 0.1) is 0 Å². The van der Waals surface area contributed by atoms with Crippen LogP contribution < -0.4 is 0 Å². The molecule has 0 saturated carbocycles. The summed E-state index contributed by atoms with van der Waals surface area (Å²) in [5, 5.41) is 15.3. The van der Waals surface area contributed by atoms with E-state index >= 15 is 0 Å². The third-order valence-electron chi connectivity index (χ3n) is 4.94. The number of carbonyl (C=O) groups excluding carboxylic acids is 1. The smallest absolute Gasteiger partial charge is 0.254 e. The summed E-state index contributed by atoms with van der Waals surface area (Å²) in [6.45, 7) is 0.515. The van der Waals surface area contributed by atoms with Crippen LogP contribution in [-0.2, 0) is 19.4 Å². The monoisotopic (exact) mass is 350 g/mol. The Balaban J connectivity index is 1.52. The van der Waals surface area contributed by atoms with Gasteiger partial charge in [0.25, 0.3) is 5.91 Å². The van der Waals surface area contributed by atoms with Crippen molar-refractivity contribution in [3.05, 3.63) is 59.4 Å². The van der Waals surface area contributed by atoms with E-state index in [0.717, 1.165) is 24.2 Å². The maximum atomic E-state index is 12.9. The Kier molecular flexibility index (Phi) is 4.51. The van der Waals surface area contributed by atoms with E-state index in [1.165, 1.54) is 30.5 Å². The Morgan fingerprint density at radius 3 is 2.85 bits per heavy atom. The molecule has 2 heterocycles. The van der Waals surface area contributed by atoms with Crippen molar-refractivity contribution in [3.63, 3.8) is 0 Å². The standard InChI is InChI=1S/C19H22N6O/c1-24(11-18-16-8-3-2-4-9-17(16)22-23-18)19(26)14-6-5-7-15(10-14)25-12-20-21-13-25/h5-7,10,12-13H,2-4,8-9,11H2,1H3,(H,22,23). The lowest BCUT2D eigenvalue weighted by molar-refractivity contribution is 0.0783. The molecule has 134 valence electrons. The number of H-pyrrole nitrogens is 1. The van der Waals surface area contributed by atoms with Crippen LogP contribution in [0.1, 0.15) is 46.6 Å². The van der Waals surface area contributed by atoms with Crippen molar-refractivity contribution in [1.29, 1.82) is 0 Å². The molecule has 0 radical (unpaired) electrons. The molecule has 0 atom stereocenters. The molecular weight excluding hydrogens is 328 g/mol. The zero-order valence-electron chi connectivity index (χ0n) is 14.9. The van der Waals surface area contributed by atoms with Gasteiger partial charge in [0, 0.05) is 24.0 Å². The molecule has 3 aromatic rings. The number of nitrogens with zero attached hydrogens (tertiary/aromatic N) is 5. The van der Waals surface area contributed by atoms with Gasteiger partial charge < -0.3 is 4.90 Å². The summed E-state index contributed by atoms with van der Waals surface area (Å²) in [5.74, 6) is -0.0229. The fourth-order valence-corrected chi connectivity index (χ4v) is 3.51. The Hall–Kier alpha value is -2.96. The van der Waals surface area contributed by atoms with Crippen LogP contribution in [0.15, 0.2) is 36.9 Å². The summed E-state index contributed by atoms with van der Waals surface area (Å²) in [6, 6.07) is 7.48. The molecule has 0 aliphatic heterocycles. The minimum absolute atomic E-state index is 0.0229. The Morgan fingerprint density at radius 1 is 1.19 bits per heavy atom. The van der Waals surface area contributed by atoms with Gasteiger partial charge in [0.2, 0.25) is 0 Å². The van der Waals surface area contributed by atoms with E-state index < -0.39 is 0 Å². The topological polar surface area (TPSA) is 79.7 Å². The van der Waals surface area contributed by atoms with Crippen molar-refractivity contribution >= 4 is 5.91 Å². The third kappa shape index (κ3) is 3.24. The zero-order valence-corrected chi connectivity index (χ0v) is 14.9. The molecule has 26 heavy (non-hydrogen) atoms. The molecule has 1 aliphatic carbocycles. The predicted molar refractivity (Wildman–Crippen MR) is 97.0 cm³/mol. The first kappa shape index (κ1) is 16.5. The van der Waals surface area contributed by atoms with Crippen LogP contribution in [0.3, 0.4) is 0 Å². The highest BCUT2D eigenvalue weighted by atomic mass is 16.2. The van der Waals surface area contributed by atoms with Gasteiger partial charge in [-0.3, -0.25) is 14.5 Å². The van der Waals surface area contributed by atoms with Crippen LogP contribution in [0.25, 0.3) is 5.69 Å². The molecule has 7 heteroatoms. The van der Waals surface area contributed by atoms with E-state index in [-0.39, 0.29) is 5.91 Å². The minimum atomic E-state index is -0.0229. The van der Waals surface area contributed by atoms with Crippen LogP contribution >= 0.6 is 0 Å². The van der Waals surface area contributed by atoms with Gasteiger partial charge in [0.15, 0.2) is 0 Å². The molecule has 0 spiro atoms. The number of aromatic nitrogens is 5. The average molecular weight is 350 g/mol. The molecule has 1 N–H and O–H groups in total. The van der Waals surface area contributed by atoms with Gasteiger partial charge in [0.1, 0.15) is 12.7 Å². The molecular formula is C19H22N6O. The second-order valence-electron chi connectivity index (χ2n) is 6.77. The van der Waals surface area contributed by atoms with Gasteiger partial charge in [-0.1, -0.05) is 12.5 Å². The zero-order chi connectivity index (χ0) is 17.9. The van der Waals surface area contributed by atoms with Gasteiger partial charge in [-0.05, 0) is 49.4 Å². The van der Waals surface area contributed by atoms with Crippen molar-refractivity contribution in [2.45, 2.75) is 38.6 Å². The third-order valence-corrected chi connectivity index (χ3v) is 4.94. The molecule has 1 amide bonds. The van der Waals surface area contributed by atoms with Gasteiger partial charge in [-0.25, -0.2) is 0 Å². The maximum absolute atomic E-state index is 12.9. The molecule has 0 saturated heterocycles. The summed E-state index contributed by atoms with van der Waals surface area (Å²) in [6.07, 6.45) is 9.00. The van der Waals surface area contributed by atoms with E-state index in [1.54, 1.807) is 22.1 Å². The summed E-state index contributed by atoms with van der Waals surface area (Å²) >= 11 is 0. The van der Waals surface area contributed by atoms with Gasteiger partial charge >= 0.3 is 0 Å². The first-order chi connectivity index (χ1) is 12.7. The Bertz CT molecular complexity index is 899. The Morgan fingerprint density at radius 2 is 2.00 bits per heavy atom. The van der Waals surface area contributed by atoms with E-state index in [9.17, 15) is 4.79 Å². The number of hydrogen-bond acceptors (Lipinski definition) is 4. The lowest BCUT2D eigenvalue weighted by Gasteiger charge is -2.17. The second kappa shape index (κ2) is 7.11. The lowest BCUT2D eigenvalue weighted by atomic mass is 10.1. The second-order valence-corrected chi connectivity index (χ2v) is 6.77. The number of benzene rings is 1. The quantitative estimate of drug-likeness (QED) is 0.733. The van der Waals surface area contributed by atoms with Crippen molar-refractivity contribution in [3.8, 4) is 5.69 Å². The highest BCUT2D eigenvalue weighted by Gasteiger charge is 2.19. The molecule has 0 unspecified atom stereocenters. The van der Waals surface area contributed by atoms with Crippen LogP contribution in [-0.4, -0.2) is 42.8 Å². The van der Waals surface area contributed by atoms with Crippen molar-refractivity contribution in [2.24, 2.45) is 0 Å². The van der Waals surface area contributed by atoms with E-state index in [1.807, 2.05) is 31.3 Å². The minimum Gasteiger partial charge on any atom is -0.336 e. The Labute approximate surface area is 152 Å². The number of aryl methyl sites for hydroxylation is 1. The van der Waals surface area contributed by atoms with Crippen LogP contribution in [0.5, 0.6) is 0 Å². The largest absolute Gasteiger partial charge is 0.336 e. The van der Waals surface area contributed by atoms with Gasteiger partial charge in [-0.15, -0.1) is 10.2 Å². The average Bonchev–Trinajstić information content (AvgIpc) is 3.27. The SMILES string of the molecule is CN(Cc1n[nH]c2c1CCCCC2)C(=O)c1cccc(-n2cnnc2)c1. The number of hydrogen-bond donors (Lipinski definition) is 1. The summed E-state index contributed by atoms with van der Waals surface area (Å²) < 4.78 is 1.78. The summed E-state index contributed by atoms with van der Waals surface area (Å²) in [5.41, 5.74) is 5.05. The van der Waals surface area contributed by atoms with E-state index in [0.29, 0.717) is 12.1 Å². The lowest BCUT2D eigenvalue weighted by Crippen LogP contribution is -2.27. The highest BCUT2D eigenvalue weighted by molar-refractivity contribution is 5.94. The molecule has 2 aromatic heterocycles. The van der Waals surface area contributed by atoms with E-state index in [2.05, 4.69) is 20.4 Å². The highest BCUT2D eigenvalue weighted by Crippen LogP contribution is 2.23. The summed E-state index contributed by atoms with van der Waals surface area (Å²) in [4.78, 5) is 14.6. The number of carbonyl (C=O) groups is 1. The summed E-state index contributed by atoms with van der Waals surface area (Å²) in [7, 11) is 1.82. The molecule has 0 bridgehead atoms. The predicted octanol–water partition coefficient (Wildman–Crippen LogP) is 2.53. The normalized spacial score (nSPS) is 13.9. The molecule has 1 aliphatic rings. The van der Waals surface area contributed by atoms with Gasteiger partial charge in [0.05, 0.1) is 12.2 Å². The fourth-order valence-electron chi connectivity index (χ4n) is 3.51. The number of rotatable bonds is 4. The first-order valence-corrected chi connectivity index (χ1v) is 8.98. The molecule has 7 nitrogen and oxygen atoms in total. The van der Waals surface area contributed by atoms with Crippen molar-refractivity contribution < 1.29 is 4.79 Å². The van der Waals surface area contributed by atoms with Crippen molar-refractivity contribution in [2.75, 3.05) is 7.05 Å². The first-order valence-electron chi connectivity index (χ1n) is 8.98.